The van der Waals surface area contributed by atoms with E-state index in [0.29, 0.717) is 5.69 Å². The summed E-state index contributed by atoms with van der Waals surface area (Å²) in [5, 5.41) is 2.88. The molecule has 1 N–H and O–H groups in total. The van der Waals surface area contributed by atoms with E-state index < -0.39 is 27.3 Å². The molecule has 1 fully saturated rings. The maximum Gasteiger partial charge on any atom is 0.257 e. The molecule has 0 aromatic heterocycles. The predicted octanol–water partition coefficient (Wildman–Crippen LogP) is 4.37. The van der Waals surface area contributed by atoms with Crippen molar-refractivity contribution in [3.63, 3.8) is 0 Å². The van der Waals surface area contributed by atoms with E-state index in [1.165, 1.54) is 18.2 Å². The fourth-order valence-corrected chi connectivity index (χ4v) is 5.63. The molecule has 148 valence electrons. The van der Waals surface area contributed by atoms with E-state index in [1.807, 2.05) is 13.0 Å². The Morgan fingerprint density at radius 2 is 1.89 bits per heavy atom. The molecule has 2 aromatic rings. The van der Waals surface area contributed by atoms with Crippen molar-refractivity contribution in [3.8, 4) is 0 Å². The second-order valence-electron chi connectivity index (χ2n) is 7.29. The molecule has 28 heavy (non-hydrogen) atoms. The summed E-state index contributed by atoms with van der Waals surface area (Å²) in [6.07, 6.45) is 0. The van der Waals surface area contributed by atoms with E-state index in [2.05, 4.69) is 21.2 Å². The Morgan fingerprint density at radius 3 is 2.46 bits per heavy atom. The van der Waals surface area contributed by atoms with Crippen LogP contribution >= 0.6 is 27.5 Å². The van der Waals surface area contributed by atoms with Gasteiger partial charge < -0.3 is 5.32 Å². The first kappa shape index (κ1) is 20.8. The molecule has 0 unspecified atom stereocenters. The molecular weight excluding hydrogens is 468 g/mol. The zero-order chi connectivity index (χ0) is 20.9. The van der Waals surface area contributed by atoms with Gasteiger partial charge in [0.05, 0.1) is 27.4 Å². The summed E-state index contributed by atoms with van der Waals surface area (Å²) in [5.41, 5.74) is 0.696. The molecule has 1 aliphatic rings. The van der Waals surface area contributed by atoms with Crippen molar-refractivity contribution in [3.05, 3.63) is 57.0 Å². The molecule has 2 amide bonds. The van der Waals surface area contributed by atoms with Crippen LogP contribution in [-0.4, -0.2) is 26.0 Å². The van der Waals surface area contributed by atoms with Crippen LogP contribution in [0.25, 0.3) is 0 Å². The summed E-state index contributed by atoms with van der Waals surface area (Å²) in [7, 11) is -3.82. The first-order chi connectivity index (χ1) is 12.9. The molecule has 0 saturated carbocycles. The molecule has 0 aliphatic carbocycles. The minimum Gasteiger partial charge on any atom is -0.322 e. The first-order valence-electron chi connectivity index (χ1n) is 8.37. The van der Waals surface area contributed by atoms with Gasteiger partial charge in [0.15, 0.2) is 0 Å². The van der Waals surface area contributed by atoms with E-state index in [4.69, 9.17) is 11.6 Å². The number of nitrogens with zero attached hydrogens (tertiary/aromatic N) is 1. The van der Waals surface area contributed by atoms with Gasteiger partial charge in [-0.3, -0.25) is 9.59 Å². The number of aryl methyl sites for hydroxylation is 1. The number of hydrogen-bond acceptors (Lipinski definition) is 4. The van der Waals surface area contributed by atoms with Crippen LogP contribution in [0.1, 0.15) is 29.8 Å². The number of carbonyl (C=O) groups is 2. The van der Waals surface area contributed by atoms with Crippen LogP contribution in [0.5, 0.6) is 0 Å². The molecular formula is C19H18BrClN2O4S. The van der Waals surface area contributed by atoms with E-state index >= 15 is 0 Å². The monoisotopic (exact) mass is 484 g/mol. The average molecular weight is 486 g/mol. The highest BCUT2D eigenvalue weighted by Gasteiger charge is 2.50. The van der Waals surface area contributed by atoms with Gasteiger partial charge in [0, 0.05) is 10.2 Å². The van der Waals surface area contributed by atoms with Crippen LogP contribution in [0, 0.1) is 12.3 Å². The maximum absolute atomic E-state index is 12.7. The number of amides is 2. The zero-order valence-electron chi connectivity index (χ0n) is 15.4. The molecule has 1 saturated heterocycles. The van der Waals surface area contributed by atoms with Crippen LogP contribution < -0.4 is 9.62 Å². The van der Waals surface area contributed by atoms with Crippen molar-refractivity contribution in [1.29, 1.82) is 0 Å². The Kier molecular flexibility index (Phi) is 5.33. The standard InChI is InChI=1S/C19H18BrClN2O4S/c1-11-4-5-12(8-15(11)20)22-17(24)14-9-13(6-7-16(14)21)23-18(25)19(2,3)10-28(23,26)27/h4-9H,10H2,1-3H3,(H,22,24). The van der Waals surface area contributed by atoms with Gasteiger partial charge in [-0.25, -0.2) is 12.7 Å². The van der Waals surface area contributed by atoms with Crippen LogP contribution in [0.15, 0.2) is 40.9 Å². The number of sulfonamides is 1. The molecule has 1 aliphatic heterocycles. The van der Waals surface area contributed by atoms with E-state index in [-0.39, 0.29) is 22.0 Å². The van der Waals surface area contributed by atoms with Gasteiger partial charge in [0.2, 0.25) is 15.9 Å². The van der Waals surface area contributed by atoms with Crippen molar-refractivity contribution in [2.45, 2.75) is 20.8 Å². The van der Waals surface area contributed by atoms with Gasteiger partial charge in [0.1, 0.15) is 0 Å². The van der Waals surface area contributed by atoms with Crippen LogP contribution in [0.3, 0.4) is 0 Å². The molecule has 6 nitrogen and oxygen atoms in total. The van der Waals surface area contributed by atoms with E-state index in [9.17, 15) is 18.0 Å². The molecule has 3 rings (SSSR count). The highest BCUT2D eigenvalue weighted by atomic mass is 79.9. The number of benzene rings is 2. The zero-order valence-corrected chi connectivity index (χ0v) is 18.6. The topological polar surface area (TPSA) is 83.6 Å². The van der Waals surface area contributed by atoms with Gasteiger partial charge in [-0.15, -0.1) is 0 Å². The smallest absolute Gasteiger partial charge is 0.257 e. The normalized spacial score (nSPS) is 17.6. The van der Waals surface area contributed by atoms with Crippen molar-refractivity contribution in [2.24, 2.45) is 5.41 Å². The number of nitrogens with one attached hydrogen (secondary N) is 1. The summed E-state index contributed by atoms with van der Waals surface area (Å²) in [6.45, 7) is 5.07. The second kappa shape index (κ2) is 7.17. The van der Waals surface area contributed by atoms with Gasteiger partial charge >= 0.3 is 0 Å². The van der Waals surface area contributed by atoms with Crippen molar-refractivity contribution >= 4 is 60.7 Å². The Balaban J connectivity index is 1.97. The third-order valence-corrected chi connectivity index (χ3v) is 7.65. The lowest BCUT2D eigenvalue weighted by Crippen LogP contribution is -2.33. The number of hydrogen-bond donors (Lipinski definition) is 1. The fraction of sp³-hybridized carbons (Fsp3) is 0.263. The Bertz CT molecular complexity index is 1100. The number of carbonyl (C=O) groups excluding carboxylic acids is 2. The number of anilines is 2. The Labute approximate surface area is 177 Å². The van der Waals surface area contributed by atoms with Gasteiger partial charge in [-0.05, 0) is 56.7 Å². The molecule has 0 bridgehead atoms. The van der Waals surface area contributed by atoms with Gasteiger partial charge in [-0.2, -0.15) is 0 Å². The SMILES string of the molecule is Cc1ccc(NC(=O)c2cc(N3C(=O)C(C)(C)CS3(=O)=O)ccc2Cl)cc1Br. The lowest BCUT2D eigenvalue weighted by atomic mass is 9.95. The van der Waals surface area contributed by atoms with Crippen LogP contribution in [0.2, 0.25) is 5.02 Å². The van der Waals surface area contributed by atoms with Gasteiger partial charge in [-0.1, -0.05) is 33.6 Å². The summed E-state index contributed by atoms with van der Waals surface area (Å²) in [5.74, 6) is -1.34. The van der Waals surface area contributed by atoms with Crippen LogP contribution in [-0.2, 0) is 14.8 Å². The second-order valence-corrected chi connectivity index (χ2v) is 10.4. The first-order valence-corrected chi connectivity index (χ1v) is 11.1. The molecule has 0 atom stereocenters. The quantitative estimate of drug-likeness (QED) is 0.700. The molecule has 0 radical (unpaired) electrons. The summed E-state index contributed by atoms with van der Waals surface area (Å²) in [6, 6.07) is 9.48. The largest absolute Gasteiger partial charge is 0.322 e. The molecule has 1 heterocycles. The van der Waals surface area contributed by atoms with Crippen molar-refractivity contribution < 1.29 is 18.0 Å². The average Bonchev–Trinajstić information content (AvgIpc) is 2.75. The van der Waals surface area contributed by atoms with E-state index in [0.717, 1.165) is 14.3 Å². The fourth-order valence-electron chi connectivity index (χ4n) is 2.94. The lowest BCUT2D eigenvalue weighted by molar-refractivity contribution is -0.123. The Morgan fingerprint density at radius 1 is 1.21 bits per heavy atom. The summed E-state index contributed by atoms with van der Waals surface area (Å²) in [4.78, 5) is 25.3. The number of rotatable bonds is 3. The number of halogens is 2. The summed E-state index contributed by atoms with van der Waals surface area (Å²) < 4.78 is 26.5. The third-order valence-electron chi connectivity index (χ3n) is 4.44. The van der Waals surface area contributed by atoms with Crippen molar-refractivity contribution in [2.75, 3.05) is 15.4 Å². The predicted molar refractivity (Wildman–Crippen MR) is 113 cm³/mol. The molecule has 0 spiro atoms. The highest BCUT2D eigenvalue weighted by Crippen LogP contribution is 2.37. The van der Waals surface area contributed by atoms with Gasteiger partial charge in [0.25, 0.3) is 5.91 Å². The lowest BCUT2D eigenvalue weighted by Gasteiger charge is -2.18. The van der Waals surface area contributed by atoms with Crippen LogP contribution in [0.4, 0.5) is 11.4 Å². The molecule has 2 aromatic carbocycles. The maximum atomic E-state index is 12.7. The highest BCUT2D eigenvalue weighted by molar-refractivity contribution is 9.10. The van der Waals surface area contributed by atoms with Crippen molar-refractivity contribution in [1.82, 2.24) is 0 Å². The minimum absolute atomic E-state index is 0.0728. The Hall–Kier alpha value is -1.90. The van der Waals surface area contributed by atoms with E-state index in [1.54, 1.807) is 26.0 Å². The molecule has 9 heteroatoms. The third kappa shape index (κ3) is 3.81. The summed E-state index contributed by atoms with van der Waals surface area (Å²) >= 11 is 9.57. The minimum atomic E-state index is -3.82.